The maximum absolute atomic E-state index is 11.1. The van der Waals surface area contributed by atoms with Crippen LogP contribution in [0.1, 0.15) is 27.4 Å². The first-order chi connectivity index (χ1) is 9.99. The van der Waals surface area contributed by atoms with Crippen molar-refractivity contribution in [2.75, 3.05) is 14.2 Å². The van der Waals surface area contributed by atoms with Gasteiger partial charge in [-0.3, -0.25) is 4.90 Å². The van der Waals surface area contributed by atoms with Crippen molar-refractivity contribution in [1.82, 2.24) is 4.90 Å². The summed E-state index contributed by atoms with van der Waals surface area (Å²) in [6.45, 7) is 3.13. The standard InChI is InChI=1S/C16H19NO4/c1-11-4-6-14(21-11)10-17(2)9-13-8-12(16(18)19)5-7-15(13)20-3/h4-8H,9-10H2,1-3H3,(H,18,19). The van der Waals surface area contributed by atoms with Crippen molar-refractivity contribution in [3.63, 3.8) is 0 Å². The predicted molar refractivity (Wildman–Crippen MR) is 78.6 cm³/mol. The molecule has 5 nitrogen and oxygen atoms in total. The SMILES string of the molecule is COc1ccc(C(=O)O)cc1CN(C)Cc1ccc(C)o1. The lowest BCUT2D eigenvalue weighted by Gasteiger charge is -2.17. The van der Waals surface area contributed by atoms with Crippen LogP contribution in [0.2, 0.25) is 0 Å². The number of benzene rings is 1. The van der Waals surface area contributed by atoms with Gasteiger partial charge in [0, 0.05) is 12.1 Å². The fraction of sp³-hybridized carbons (Fsp3) is 0.312. The van der Waals surface area contributed by atoms with E-state index in [4.69, 9.17) is 14.3 Å². The van der Waals surface area contributed by atoms with Gasteiger partial charge in [-0.05, 0) is 44.3 Å². The average Bonchev–Trinajstić information content (AvgIpc) is 2.83. The van der Waals surface area contributed by atoms with E-state index in [-0.39, 0.29) is 5.56 Å². The number of aromatic carboxylic acids is 1. The molecule has 0 aliphatic rings. The molecular formula is C16H19NO4. The summed E-state index contributed by atoms with van der Waals surface area (Å²) in [6, 6.07) is 8.74. The number of ether oxygens (including phenoxy) is 1. The summed E-state index contributed by atoms with van der Waals surface area (Å²) in [5, 5.41) is 9.08. The zero-order valence-electron chi connectivity index (χ0n) is 12.4. The van der Waals surface area contributed by atoms with Gasteiger partial charge in [0.25, 0.3) is 0 Å². The third kappa shape index (κ3) is 3.86. The van der Waals surface area contributed by atoms with Crippen LogP contribution >= 0.6 is 0 Å². The van der Waals surface area contributed by atoms with E-state index in [1.165, 1.54) is 0 Å². The normalized spacial score (nSPS) is 10.9. The minimum atomic E-state index is -0.941. The van der Waals surface area contributed by atoms with Crippen molar-refractivity contribution in [3.05, 3.63) is 53.0 Å². The van der Waals surface area contributed by atoms with Gasteiger partial charge >= 0.3 is 5.97 Å². The number of nitrogens with zero attached hydrogens (tertiary/aromatic N) is 1. The van der Waals surface area contributed by atoms with Crippen LogP contribution in [0.25, 0.3) is 0 Å². The van der Waals surface area contributed by atoms with E-state index in [0.717, 1.165) is 17.1 Å². The maximum atomic E-state index is 11.1. The second kappa shape index (κ2) is 6.45. The highest BCUT2D eigenvalue weighted by molar-refractivity contribution is 5.88. The highest BCUT2D eigenvalue weighted by Gasteiger charge is 2.12. The molecule has 5 heteroatoms. The van der Waals surface area contributed by atoms with Gasteiger partial charge in [-0.2, -0.15) is 0 Å². The van der Waals surface area contributed by atoms with E-state index < -0.39 is 5.97 Å². The molecule has 0 aliphatic carbocycles. The van der Waals surface area contributed by atoms with E-state index in [1.807, 2.05) is 31.0 Å². The van der Waals surface area contributed by atoms with Crippen LogP contribution < -0.4 is 4.74 Å². The summed E-state index contributed by atoms with van der Waals surface area (Å²) in [4.78, 5) is 13.1. The number of hydrogen-bond donors (Lipinski definition) is 1. The topological polar surface area (TPSA) is 62.9 Å². The lowest BCUT2D eigenvalue weighted by molar-refractivity contribution is 0.0696. The largest absolute Gasteiger partial charge is 0.496 e. The molecular weight excluding hydrogens is 270 g/mol. The number of aryl methyl sites for hydroxylation is 1. The third-order valence-electron chi connectivity index (χ3n) is 3.19. The first-order valence-corrected chi connectivity index (χ1v) is 6.63. The number of carbonyl (C=O) groups is 1. The Balaban J connectivity index is 2.13. The van der Waals surface area contributed by atoms with E-state index in [1.54, 1.807) is 25.3 Å². The molecule has 21 heavy (non-hydrogen) atoms. The molecule has 0 aliphatic heterocycles. The second-order valence-electron chi connectivity index (χ2n) is 5.02. The lowest BCUT2D eigenvalue weighted by Crippen LogP contribution is -2.17. The Hall–Kier alpha value is -2.27. The summed E-state index contributed by atoms with van der Waals surface area (Å²) in [7, 11) is 3.53. The molecule has 1 aromatic carbocycles. The molecule has 0 amide bonds. The molecule has 0 radical (unpaired) electrons. The van der Waals surface area contributed by atoms with Crippen LogP contribution in [-0.2, 0) is 13.1 Å². The van der Waals surface area contributed by atoms with Crippen LogP contribution in [0, 0.1) is 6.92 Å². The molecule has 0 saturated carbocycles. The summed E-state index contributed by atoms with van der Waals surface area (Å²) in [5.41, 5.74) is 1.09. The van der Waals surface area contributed by atoms with E-state index >= 15 is 0 Å². The zero-order chi connectivity index (χ0) is 15.4. The smallest absolute Gasteiger partial charge is 0.335 e. The van der Waals surface area contributed by atoms with E-state index in [0.29, 0.717) is 18.8 Å². The number of carboxylic acid groups (broad SMARTS) is 1. The van der Waals surface area contributed by atoms with Crippen molar-refractivity contribution in [2.45, 2.75) is 20.0 Å². The molecule has 2 aromatic rings. The molecule has 0 unspecified atom stereocenters. The highest BCUT2D eigenvalue weighted by atomic mass is 16.5. The summed E-state index contributed by atoms with van der Waals surface area (Å²) >= 11 is 0. The van der Waals surface area contributed by atoms with Gasteiger partial charge in [-0.15, -0.1) is 0 Å². The summed E-state index contributed by atoms with van der Waals surface area (Å²) < 4.78 is 10.8. The molecule has 0 bridgehead atoms. The Morgan fingerprint density at radius 3 is 2.62 bits per heavy atom. The van der Waals surface area contributed by atoms with E-state index in [2.05, 4.69) is 0 Å². The molecule has 0 spiro atoms. The number of hydrogen-bond acceptors (Lipinski definition) is 4. The van der Waals surface area contributed by atoms with Gasteiger partial charge in [0.15, 0.2) is 0 Å². The lowest BCUT2D eigenvalue weighted by atomic mass is 10.1. The Morgan fingerprint density at radius 2 is 2.05 bits per heavy atom. The predicted octanol–water partition coefficient (Wildman–Crippen LogP) is 2.93. The van der Waals surface area contributed by atoms with Crippen LogP contribution in [-0.4, -0.2) is 30.1 Å². The third-order valence-corrected chi connectivity index (χ3v) is 3.19. The maximum Gasteiger partial charge on any atom is 0.335 e. The van der Waals surface area contributed by atoms with Crippen LogP contribution in [0.3, 0.4) is 0 Å². The van der Waals surface area contributed by atoms with Gasteiger partial charge in [0.1, 0.15) is 17.3 Å². The average molecular weight is 289 g/mol. The zero-order valence-corrected chi connectivity index (χ0v) is 12.4. The first-order valence-electron chi connectivity index (χ1n) is 6.63. The molecule has 1 aromatic heterocycles. The van der Waals surface area contributed by atoms with Gasteiger partial charge < -0.3 is 14.3 Å². The fourth-order valence-electron chi connectivity index (χ4n) is 2.22. The molecule has 0 saturated heterocycles. The second-order valence-corrected chi connectivity index (χ2v) is 5.02. The van der Waals surface area contributed by atoms with Crippen molar-refractivity contribution >= 4 is 5.97 Å². The van der Waals surface area contributed by atoms with Gasteiger partial charge in [-0.1, -0.05) is 0 Å². The van der Waals surface area contributed by atoms with Crippen molar-refractivity contribution in [1.29, 1.82) is 0 Å². The monoisotopic (exact) mass is 289 g/mol. The molecule has 112 valence electrons. The van der Waals surface area contributed by atoms with Crippen LogP contribution in [0.4, 0.5) is 0 Å². The van der Waals surface area contributed by atoms with Gasteiger partial charge in [0.2, 0.25) is 0 Å². The van der Waals surface area contributed by atoms with Crippen molar-refractivity contribution in [2.24, 2.45) is 0 Å². The number of methoxy groups -OCH3 is 1. The Morgan fingerprint density at radius 1 is 1.29 bits per heavy atom. The molecule has 2 rings (SSSR count). The molecule has 1 N–H and O–H groups in total. The van der Waals surface area contributed by atoms with Gasteiger partial charge in [0.05, 0.1) is 19.2 Å². The Bertz CT molecular complexity index is 633. The van der Waals surface area contributed by atoms with Crippen molar-refractivity contribution in [3.8, 4) is 5.75 Å². The van der Waals surface area contributed by atoms with Crippen LogP contribution in [0.5, 0.6) is 5.75 Å². The minimum Gasteiger partial charge on any atom is -0.496 e. The number of furan rings is 1. The highest BCUT2D eigenvalue weighted by Crippen LogP contribution is 2.22. The van der Waals surface area contributed by atoms with Crippen molar-refractivity contribution < 1.29 is 19.1 Å². The number of rotatable bonds is 6. The van der Waals surface area contributed by atoms with Crippen LogP contribution in [0.15, 0.2) is 34.7 Å². The Labute approximate surface area is 123 Å². The molecule has 1 heterocycles. The minimum absolute atomic E-state index is 0.257. The first kappa shape index (κ1) is 15.1. The van der Waals surface area contributed by atoms with Gasteiger partial charge in [-0.25, -0.2) is 4.79 Å². The molecule has 0 fully saturated rings. The summed E-state index contributed by atoms with van der Waals surface area (Å²) in [6.07, 6.45) is 0. The Kier molecular flexibility index (Phi) is 4.65. The quantitative estimate of drug-likeness (QED) is 0.886. The molecule has 0 atom stereocenters. The summed E-state index contributed by atoms with van der Waals surface area (Å²) in [5.74, 6) is 1.50. The van der Waals surface area contributed by atoms with E-state index in [9.17, 15) is 4.79 Å². The fourth-order valence-corrected chi connectivity index (χ4v) is 2.22. The number of carboxylic acids is 1.